The fourth-order valence-corrected chi connectivity index (χ4v) is 2.18. The zero-order chi connectivity index (χ0) is 15.0. The van der Waals surface area contributed by atoms with Crippen molar-refractivity contribution in [1.82, 2.24) is 4.90 Å². The minimum absolute atomic E-state index is 0.449. The van der Waals surface area contributed by atoms with Gasteiger partial charge in [-0.1, -0.05) is 0 Å². The van der Waals surface area contributed by atoms with Gasteiger partial charge in [0.15, 0.2) is 6.04 Å². The molecule has 0 aliphatic carbocycles. The van der Waals surface area contributed by atoms with E-state index in [1.54, 1.807) is 41.5 Å². The molecule has 1 aliphatic rings. The number of carbonyl (C=O) groups is 2. The minimum atomic E-state index is -0.916. The molecule has 6 nitrogen and oxygen atoms in total. The predicted molar refractivity (Wildman–Crippen MR) is 68.5 cm³/mol. The van der Waals surface area contributed by atoms with Crippen LogP contribution in [0.1, 0.15) is 41.5 Å². The van der Waals surface area contributed by atoms with E-state index in [2.05, 4.69) is 0 Å². The molecule has 0 saturated carbocycles. The molecule has 1 rings (SSSR count). The van der Waals surface area contributed by atoms with Gasteiger partial charge >= 0.3 is 12.1 Å². The fourth-order valence-electron chi connectivity index (χ4n) is 2.18. The summed E-state index contributed by atoms with van der Waals surface area (Å²) >= 11 is 0. The highest BCUT2D eigenvalue weighted by Crippen LogP contribution is 2.34. The minimum Gasteiger partial charge on any atom is -0.467 e. The van der Waals surface area contributed by atoms with Gasteiger partial charge in [-0.25, -0.2) is 9.59 Å². The number of esters is 1. The Bertz CT molecular complexity index is 372. The fraction of sp³-hybridized carbons (Fsp3) is 0.846. The van der Waals surface area contributed by atoms with E-state index in [0.717, 1.165) is 0 Å². The normalized spacial score (nSPS) is 26.2. The quantitative estimate of drug-likeness (QED) is 0.683. The Morgan fingerprint density at radius 1 is 1.26 bits per heavy atom. The van der Waals surface area contributed by atoms with Gasteiger partial charge in [0.1, 0.15) is 11.3 Å². The number of hydrogen-bond acceptors (Lipinski definition) is 5. The molecule has 6 heteroatoms. The molecule has 0 radical (unpaired) electrons. The smallest absolute Gasteiger partial charge is 0.413 e. The number of rotatable bonds is 1. The lowest BCUT2D eigenvalue weighted by Crippen LogP contribution is -2.53. The van der Waals surface area contributed by atoms with Crippen molar-refractivity contribution in [3.05, 3.63) is 0 Å². The third kappa shape index (κ3) is 3.37. The molecule has 2 atom stereocenters. The summed E-state index contributed by atoms with van der Waals surface area (Å²) in [6, 6.07) is -0.796. The maximum atomic E-state index is 12.3. The van der Waals surface area contributed by atoms with E-state index < -0.39 is 35.5 Å². The Morgan fingerprint density at radius 2 is 1.79 bits per heavy atom. The highest BCUT2D eigenvalue weighted by Gasteiger charge is 2.53. The van der Waals surface area contributed by atoms with E-state index >= 15 is 0 Å². The second-order valence-corrected chi connectivity index (χ2v) is 6.09. The first kappa shape index (κ1) is 15.8. The molecule has 0 N–H and O–H groups in total. The first-order valence-electron chi connectivity index (χ1n) is 6.27. The third-order valence-corrected chi connectivity index (χ3v) is 2.81. The largest absolute Gasteiger partial charge is 0.467 e. The van der Waals surface area contributed by atoms with Crippen LogP contribution in [0, 0.1) is 0 Å². The standard InChI is InChI=1S/C13H23NO5/c1-8-9(10(15)17-7)14(13(5,6)18-8)11(16)19-12(2,3)4/h8-9H,1-7H3. The summed E-state index contributed by atoms with van der Waals surface area (Å²) in [5, 5.41) is 0. The van der Waals surface area contributed by atoms with Gasteiger partial charge in [0.05, 0.1) is 13.2 Å². The lowest BCUT2D eigenvalue weighted by Gasteiger charge is -2.34. The van der Waals surface area contributed by atoms with Crippen molar-refractivity contribution in [2.24, 2.45) is 0 Å². The predicted octanol–water partition coefficient (Wildman–Crippen LogP) is 1.92. The average molecular weight is 273 g/mol. The summed E-state index contributed by atoms with van der Waals surface area (Å²) in [4.78, 5) is 25.4. The van der Waals surface area contributed by atoms with E-state index in [-0.39, 0.29) is 0 Å². The van der Waals surface area contributed by atoms with Crippen molar-refractivity contribution < 1.29 is 23.8 Å². The lowest BCUT2D eigenvalue weighted by molar-refractivity contribution is -0.147. The zero-order valence-electron chi connectivity index (χ0n) is 12.6. The molecule has 1 heterocycles. The molecular formula is C13H23NO5. The van der Waals surface area contributed by atoms with Crippen LogP contribution >= 0.6 is 0 Å². The van der Waals surface area contributed by atoms with Gasteiger partial charge in [0, 0.05) is 0 Å². The first-order valence-corrected chi connectivity index (χ1v) is 6.27. The maximum Gasteiger partial charge on any atom is 0.413 e. The summed E-state index contributed by atoms with van der Waals surface area (Å²) in [7, 11) is 1.29. The van der Waals surface area contributed by atoms with Crippen molar-refractivity contribution in [2.75, 3.05) is 7.11 Å². The molecule has 0 bridgehead atoms. The Labute approximate surface area is 114 Å². The van der Waals surface area contributed by atoms with E-state index in [1.807, 2.05) is 0 Å². The maximum absolute atomic E-state index is 12.3. The summed E-state index contributed by atoms with van der Waals surface area (Å²) in [6.45, 7) is 10.5. The third-order valence-electron chi connectivity index (χ3n) is 2.81. The van der Waals surface area contributed by atoms with Crippen molar-refractivity contribution in [3.63, 3.8) is 0 Å². The molecule has 0 aromatic rings. The van der Waals surface area contributed by atoms with Crippen molar-refractivity contribution in [2.45, 2.75) is 65.0 Å². The summed E-state index contributed by atoms with van der Waals surface area (Å²) in [5.74, 6) is -0.510. The average Bonchev–Trinajstić information content (AvgIpc) is 2.44. The highest BCUT2D eigenvalue weighted by atomic mass is 16.6. The van der Waals surface area contributed by atoms with E-state index in [4.69, 9.17) is 14.2 Å². The SMILES string of the molecule is COC(=O)C1C(C)OC(C)(C)N1C(=O)OC(C)(C)C. The monoisotopic (exact) mass is 273 g/mol. The molecule has 2 unspecified atom stereocenters. The van der Waals surface area contributed by atoms with Gasteiger partial charge in [-0.3, -0.25) is 4.90 Å². The van der Waals surface area contributed by atoms with Gasteiger partial charge in [0.2, 0.25) is 0 Å². The Hall–Kier alpha value is -1.30. The topological polar surface area (TPSA) is 65.1 Å². The second-order valence-electron chi connectivity index (χ2n) is 6.09. The van der Waals surface area contributed by atoms with Crippen molar-refractivity contribution in [1.29, 1.82) is 0 Å². The van der Waals surface area contributed by atoms with Gasteiger partial charge in [-0.2, -0.15) is 0 Å². The molecule has 1 amide bonds. The summed E-state index contributed by atoms with van der Waals surface area (Å²) in [5.41, 5.74) is -1.56. The van der Waals surface area contributed by atoms with E-state index in [0.29, 0.717) is 0 Å². The molecule has 110 valence electrons. The molecule has 19 heavy (non-hydrogen) atoms. The lowest BCUT2D eigenvalue weighted by atomic mass is 10.1. The molecule has 0 aromatic heterocycles. The van der Waals surface area contributed by atoms with Crippen LogP contribution in [0.2, 0.25) is 0 Å². The first-order chi connectivity index (χ1) is 8.49. The van der Waals surface area contributed by atoms with Crippen LogP contribution in [0.3, 0.4) is 0 Å². The highest BCUT2D eigenvalue weighted by molar-refractivity contribution is 5.83. The Kier molecular flexibility index (Phi) is 4.14. The number of nitrogens with zero attached hydrogens (tertiary/aromatic N) is 1. The molecule has 1 saturated heterocycles. The van der Waals surface area contributed by atoms with Crippen LogP contribution < -0.4 is 0 Å². The summed E-state index contributed by atoms with van der Waals surface area (Å²) < 4.78 is 15.7. The number of carbonyl (C=O) groups excluding carboxylic acids is 2. The molecule has 0 spiro atoms. The van der Waals surface area contributed by atoms with Gasteiger partial charge in [0.25, 0.3) is 0 Å². The van der Waals surface area contributed by atoms with Crippen LogP contribution in [0.15, 0.2) is 0 Å². The van der Waals surface area contributed by atoms with E-state index in [1.165, 1.54) is 12.0 Å². The number of methoxy groups -OCH3 is 1. The number of hydrogen-bond donors (Lipinski definition) is 0. The molecular weight excluding hydrogens is 250 g/mol. The zero-order valence-corrected chi connectivity index (χ0v) is 12.6. The number of amides is 1. The molecule has 1 fully saturated rings. The van der Waals surface area contributed by atoms with Crippen molar-refractivity contribution >= 4 is 12.1 Å². The van der Waals surface area contributed by atoms with Crippen LogP contribution in [0.5, 0.6) is 0 Å². The number of ether oxygens (including phenoxy) is 3. The van der Waals surface area contributed by atoms with Gasteiger partial charge in [-0.05, 0) is 41.5 Å². The molecule has 1 aliphatic heterocycles. The summed E-state index contributed by atoms with van der Waals surface area (Å²) in [6.07, 6.45) is -1.03. The van der Waals surface area contributed by atoms with Crippen LogP contribution in [0.4, 0.5) is 4.79 Å². The van der Waals surface area contributed by atoms with Crippen LogP contribution in [0.25, 0.3) is 0 Å². The van der Waals surface area contributed by atoms with Gasteiger partial charge in [-0.15, -0.1) is 0 Å². The van der Waals surface area contributed by atoms with Crippen LogP contribution in [-0.2, 0) is 19.0 Å². The Morgan fingerprint density at radius 3 is 2.21 bits per heavy atom. The second kappa shape index (κ2) is 5.00. The van der Waals surface area contributed by atoms with Crippen LogP contribution in [-0.4, -0.2) is 47.5 Å². The van der Waals surface area contributed by atoms with E-state index in [9.17, 15) is 9.59 Å². The van der Waals surface area contributed by atoms with Crippen molar-refractivity contribution in [3.8, 4) is 0 Å². The molecule has 0 aromatic carbocycles. The Balaban J connectivity index is 3.04. The van der Waals surface area contributed by atoms with Gasteiger partial charge < -0.3 is 14.2 Å².